The number of rotatable bonds is 5. The van der Waals surface area contributed by atoms with Crippen LogP contribution in [0.15, 0.2) is 18.2 Å². The van der Waals surface area contributed by atoms with E-state index in [0.29, 0.717) is 19.0 Å². The minimum Gasteiger partial charge on any atom is -0.496 e. The van der Waals surface area contributed by atoms with Crippen molar-refractivity contribution in [2.45, 2.75) is 19.8 Å². The van der Waals surface area contributed by atoms with Crippen molar-refractivity contribution in [3.63, 3.8) is 0 Å². The lowest BCUT2D eigenvalue weighted by molar-refractivity contribution is -0.384. The first-order valence-electron chi connectivity index (χ1n) is 7.69. The number of nitro groups is 1. The number of nitrogens with zero attached hydrogens (tertiary/aromatic N) is 2. The lowest BCUT2D eigenvalue weighted by Gasteiger charge is -2.30. The van der Waals surface area contributed by atoms with Crippen LogP contribution in [0.5, 0.6) is 5.75 Å². The fourth-order valence-corrected chi connectivity index (χ4v) is 2.68. The Morgan fingerprint density at radius 3 is 2.79 bits per heavy atom. The van der Waals surface area contributed by atoms with Gasteiger partial charge in [-0.2, -0.15) is 0 Å². The summed E-state index contributed by atoms with van der Waals surface area (Å²) in [5, 5.41) is 10.8. The summed E-state index contributed by atoms with van der Waals surface area (Å²) in [6.07, 6.45) is 2.01. The van der Waals surface area contributed by atoms with Crippen molar-refractivity contribution in [3.8, 4) is 5.75 Å². The van der Waals surface area contributed by atoms with Gasteiger partial charge in [0.1, 0.15) is 11.3 Å². The zero-order valence-electron chi connectivity index (χ0n) is 13.7. The molecule has 1 aromatic carbocycles. The first-order chi connectivity index (χ1) is 11.4. The van der Waals surface area contributed by atoms with Crippen LogP contribution < -0.4 is 4.74 Å². The average Bonchev–Trinajstić information content (AvgIpc) is 2.58. The summed E-state index contributed by atoms with van der Waals surface area (Å²) < 4.78 is 10.0. The van der Waals surface area contributed by atoms with Crippen molar-refractivity contribution in [3.05, 3.63) is 33.9 Å². The second-order valence-corrected chi connectivity index (χ2v) is 5.80. The van der Waals surface area contributed by atoms with Crippen molar-refractivity contribution in [1.29, 1.82) is 0 Å². The molecular formula is C16H20N2O6. The summed E-state index contributed by atoms with van der Waals surface area (Å²) >= 11 is 0. The Balaban J connectivity index is 2.02. The minimum atomic E-state index is -0.825. The van der Waals surface area contributed by atoms with Crippen LogP contribution >= 0.6 is 0 Å². The maximum absolute atomic E-state index is 12.2. The number of methoxy groups -OCH3 is 1. The van der Waals surface area contributed by atoms with E-state index in [1.54, 1.807) is 4.90 Å². The fraction of sp³-hybridized carbons (Fsp3) is 0.500. The van der Waals surface area contributed by atoms with E-state index in [1.165, 1.54) is 19.2 Å². The number of piperidine rings is 1. The molecular weight excluding hydrogens is 316 g/mol. The Hall–Kier alpha value is -2.64. The highest BCUT2D eigenvalue weighted by Gasteiger charge is 2.24. The number of benzene rings is 1. The largest absolute Gasteiger partial charge is 0.496 e. The Morgan fingerprint density at radius 1 is 1.42 bits per heavy atom. The topological polar surface area (TPSA) is 99.0 Å². The second-order valence-electron chi connectivity index (χ2n) is 5.80. The van der Waals surface area contributed by atoms with Crippen molar-refractivity contribution >= 4 is 17.6 Å². The molecule has 0 unspecified atom stereocenters. The molecule has 1 aliphatic rings. The third kappa shape index (κ3) is 4.21. The van der Waals surface area contributed by atoms with Crippen molar-refractivity contribution in [2.75, 3.05) is 26.8 Å². The van der Waals surface area contributed by atoms with Crippen LogP contribution in [-0.2, 0) is 9.53 Å². The van der Waals surface area contributed by atoms with E-state index in [1.807, 2.05) is 0 Å². The molecule has 1 atom stereocenters. The average molecular weight is 336 g/mol. The Morgan fingerprint density at radius 2 is 2.17 bits per heavy atom. The maximum Gasteiger partial charge on any atom is 0.342 e. The number of hydrogen-bond acceptors (Lipinski definition) is 6. The standard InChI is InChI=1S/C16H20N2O6/c1-11-4-3-7-17(9-11)15(19)10-24-16(20)13-8-12(18(21)22)5-6-14(13)23-2/h5-6,8,11H,3-4,7,9-10H2,1-2H3/t11-/m0/s1. The lowest BCUT2D eigenvalue weighted by atomic mass is 10.0. The van der Waals surface area contributed by atoms with E-state index in [2.05, 4.69) is 6.92 Å². The quantitative estimate of drug-likeness (QED) is 0.463. The van der Waals surface area contributed by atoms with Gasteiger partial charge in [-0.1, -0.05) is 6.92 Å². The zero-order valence-corrected chi connectivity index (χ0v) is 13.7. The monoisotopic (exact) mass is 336 g/mol. The number of non-ortho nitro benzene ring substituents is 1. The highest BCUT2D eigenvalue weighted by molar-refractivity contribution is 5.94. The van der Waals surface area contributed by atoms with Gasteiger partial charge in [0.25, 0.3) is 11.6 Å². The number of carbonyl (C=O) groups is 2. The molecule has 1 saturated heterocycles. The summed E-state index contributed by atoms with van der Waals surface area (Å²) in [7, 11) is 1.35. The molecule has 8 heteroatoms. The number of amides is 1. The molecule has 24 heavy (non-hydrogen) atoms. The van der Waals surface area contributed by atoms with Crippen molar-refractivity contribution < 1.29 is 24.0 Å². The molecule has 0 spiro atoms. The first kappa shape index (κ1) is 17.7. The number of carbonyl (C=O) groups excluding carboxylic acids is 2. The molecule has 0 bridgehead atoms. The number of likely N-dealkylation sites (tertiary alicyclic amines) is 1. The maximum atomic E-state index is 12.2. The van der Waals surface area contributed by atoms with Crippen LogP contribution in [0.25, 0.3) is 0 Å². The van der Waals surface area contributed by atoms with Crippen LogP contribution in [0.3, 0.4) is 0 Å². The zero-order chi connectivity index (χ0) is 17.7. The Kier molecular flexibility index (Phi) is 5.73. The highest BCUT2D eigenvalue weighted by atomic mass is 16.6. The van der Waals surface area contributed by atoms with Crippen LogP contribution in [-0.4, -0.2) is 48.5 Å². The lowest BCUT2D eigenvalue weighted by Crippen LogP contribution is -2.41. The Labute approximate surface area is 139 Å². The van der Waals surface area contributed by atoms with E-state index < -0.39 is 17.5 Å². The molecule has 8 nitrogen and oxygen atoms in total. The number of esters is 1. The summed E-state index contributed by atoms with van der Waals surface area (Å²) in [6, 6.07) is 3.63. The molecule has 1 heterocycles. The minimum absolute atomic E-state index is 0.0773. The van der Waals surface area contributed by atoms with E-state index in [-0.39, 0.29) is 22.9 Å². The highest BCUT2D eigenvalue weighted by Crippen LogP contribution is 2.24. The SMILES string of the molecule is COc1ccc([N+](=O)[O-])cc1C(=O)OCC(=O)N1CCC[C@H](C)C1. The van der Waals surface area contributed by atoms with Gasteiger partial charge in [0.2, 0.25) is 0 Å². The third-order valence-electron chi connectivity index (χ3n) is 3.95. The van der Waals surface area contributed by atoms with Gasteiger partial charge in [-0.3, -0.25) is 14.9 Å². The smallest absolute Gasteiger partial charge is 0.342 e. The molecule has 1 aliphatic heterocycles. The van der Waals surface area contributed by atoms with E-state index >= 15 is 0 Å². The van der Waals surface area contributed by atoms with Crippen LogP contribution in [0.2, 0.25) is 0 Å². The summed E-state index contributed by atoms with van der Waals surface area (Å²) in [5.41, 5.74) is -0.328. The molecule has 0 N–H and O–H groups in total. The molecule has 0 aromatic heterocycles. The molecule has 130 valence electrons. The fourth-order valence-electron chi connectivity index (χ4n) is 2.68. The summed E-state index contributed by atoms with van der Waals surface area (Å²) in [5.74, 6) is -0.506. The number of ether oxygens (including phenoxy) is 2. The summed E-state index contributed by atoms with van der Waals surface area (Å²) in [4.78, 5) is 36.2. The van der Waals surface area contributed by atoms with Gasteiger partial charge in [0.15, 0.2) is 6.61 Å². The van der Waals surface area contributed by atoms with E-state index in [9.17, 15) is 19.7 Å². The predicted molar refractivity (Wildman–Crippen MR) is 84.9 cm³/mol. The van der Waals surface area contributed by atoms with Crippen molar-refractivity contribution in [1.82, 2.24) is 4.90 Å². The molecule has 2 rings (SSSR count). The normalized spacial score (nSPS) is 17.2. The van der Waals surface area contributed by atoms with Gasteiger partial charge in [-0.15, -0.1) is 0 Å². The van der Waals surface area contributed by atoms with Gasteiger partial charge >= 0.3 is 5.97 Å². The molecule has 0 saturated carbocycles. The van der Waals surface area contributed by atoms with Crippen molar-refractivity contribution in [2.24, 2.45) is 5.92 Å². The van der Waals surface area contributed by atoms with Crippen LogP contribution in [0.4, 0.5) is 5.69 Å². The van der Waals surface area contributed by atoms with Crippen LogP contribution in [0, 0.1) is 16.0 Å². The van der Waals surface area contributed by atoms with Gasteiger partial charge < -0.3 is 14.4 Å². The van der Waals surface area contributed by atoms with E-state index in [0.717, 1.165) is 18.9 Å². The summed E-state index contributed by atoms with van der Waals surface area (Å²) in [6.45, 7) is 2.98. The molecule has 0 radical (unpaired) electrons. The number of hydrogen-bond donors (Lipinski definition) is 0. The predicted octanol–water partition coefficient (Wildman–Crippen LogP) is 2.02. The molecule has 0 aliphatic carbocycles. The number of nitro benzene ring substituents is 1. The van der Waals surface area contributed by atoms with Crippen LogP contribution in [0.1, 0.15) is 30.1 Å². The molecule has 1 fully saturated rings. The Bertz CT molecular complexity index is 645. The first-order valence-corrected chi connectivity index (χ1v) is 7.69. The van der Waals surface area contributed by atoms with Gasteiger partial charge in [0, 0.05) is 25.2 Å². The second kappa shape index (κ2) is 7.76. The molecule has 1 amide bonds. The van der Waals surface area contributed by atoms with Gasteiger partial charge in [-0.25, -0.2) is 4.79 Å². The van der Waals surface area contributed by atoms with E-state index in [4.69, 9.17) is 9.47 Å². The molecule has 1 aromatic rings. The third-order valence-corrected chi connectivity index (χ3v) is 3.95. The van der Waals surface area contributed by atoms with Gasteiger partial charge in [-0.05, 0) is 24.8 Å². The van der Waals surface area contributed by atoms with Gasteiger partial charge in [0.05, 0.1) is 12.0 Å².